The molecule has 0 bridgehead atoms. The molecule has 0 aliphatic rings. The van der Waals surface area contributed by atoms with Gasteiger partial charge in [-0.3, -0.25) is 9.52 Å². The molecule has 4 rings (SSSR count). The molecule has 2 aromatic heterocycles. The van der Waals surface area contributed by atoms with Gasteiger partial charge in [-0.25, -0.2) is 18.4 Å². The minimum absolute atomic E-state index is 0.0349. The maximum absolute atomic E-state index is 13.2. The highest BCUT2D eigenvalue weighted by molar-refractivity contribution is 7.92. The fourth-order valence-corrected chi connectivity index (χ4v) is 4.65. The molecule has 10 heteroatoms. The average Bonchev–Trinajstić information content (AvgIpc) is 3.33. The molecule has 0 atom stereocenters. The lowest BCUT2D eigenvalue weighted by atomic mass is 10.1. The summed E-state index contributed by atoms with van der Waals surface area (Å²) < 4.78 is 39.5. The van der Waals surface area contributed by atoms with Gasteiger partial charge in [-0.15, -0.1) is 0 Å². The van der Waals surface area contributed by atoms with Crippen molar-refractivity contribution in [3.05, 3.63) is 83.9 Å². The Morgan fingerprint density at radius 3 is 2.41 bits per heavy atom. The van der Waals surface area contributed by atoms with Crippen molar-refractivity contribution in [3.63, 3.8) is 0 Å². The van der Waals surface area contributed by atoms with Gasteiger partial charge in [0.15, 0.2) is 10.6 Å². The number of rotatable bonds is 7. The van der Waals surface area contributed by atoms with Crippen LogP contribution < -0.4 is 14.8 Å². The van der Waals surface area contributed by atoms with Crippen LogP contribution in [-0.2, 0) is 10.0 Å². The summed E-state index contributed by atoms with van der Waals surface area (Å²) in [5, 5.41) is 2.60. The summed E-state index contributed by atoms with van der Waals surface area (Å²) in [7, 11) is -2.76. The van der Waals surface area contributed by atoms with E-state index in [1.165, 1.54) is 25.6 Å². The lowest BCUT2D eigenvalue weighted by Gasteiger charge is -2.15. The molecule has 2 N–H and O–H groups in total. The van der Waals surface area contributed by atoms with E-state index < -0.39 is 15.9 Å². The van der Waals surface area contributed by atoms with Crippen molar-refractivity contribution in [3.8, 4) is 17.3 Å². The van der Waals surface area contributed by atoms with Gasteiger partial charge in [0.1, 0.15) is 6.26 Å². The number of carbonyl (C=O) groups is 1. The largest absolute Gasteiger partial charge is 0.480 e. The SMILES string of the molecule is COc1ncc(NC(=O)c2coc(-c3ccccc3)n2)cc1S(=O)(=O)Nc1c(C)cccc1C. The number of hydrogen-bond donors (Lipinski definition) is 2. The molecule has 0 unspecified atom stereocenters. The molecule has 0 radical (unpaired) electrons. The number of nitrogens with one attached hydrogen (secondary N) is 2. The predicted molar refractivity (Wildman–Crippen MR) is 127 cm³/mol. The van der Waals surface area contributed by atoms with Gasteiger partial charge in [-0.2, -0.15) is 0 Å². The molecule has 0 saturated carbocycles. The first-order chi connectivity index (χ1) is 16.3. The monoisotopic (exact) mass is 478 g/mol. The Labute approximate surface area is 196 Å². The molecular formula is C24H22N4O5S. The molecule has 9 nitrogen and oxygen atoms in total. The van der Waals surface area contributed by atoms with Crippen molar-refractivity contribution in [2.45, 2.75) is 18.7 Å². The first-order valence-electron chi connectivity index (χ1n) is 10.2. The van der Waals surface area contributed by atoms with Crippen molar-refractivity contribution in [1.82, 2.24) is 9.97 Å². The van der Waals surface area contributed by atoms with Crippen LogP contribution in [-0.4, -0.2) is 31.4 Å². The summed E-state index contributed by atoms with van der Waals surface area (Å²) in [4.78, 5) is 20.7. The third-order valence-electron chi connectivity index (χ3n) is 5.03. The second kappa shape index (κ2) is 9.36. The van der Waals surface area contributed by atoms with Crippen LogP contribution in [0.25, 0.3) is 11.5 Å². The van der Waals surface area contributed by atoms with Crippen LogP contribution in [0.2, 0.25) is 0 Å². The predicted octanol–water partition coefficient (Wildman–Crippen LogP) is 4.42. The summed E-state index contributed by atoms with van der Waals surface area (Å²) in [6, 6.07) is 15.9. The van der Waals surface area contributed by atoms with Crippen LogP contribution in [0.3, 0.4) is 0 Å². The number of sulfonamides is 1. The van der Waals surface area contributed by atoms with Gasteiger partial charge in [0, 0.05) is 5.56 Å². The van der Waals surface area contributed by atoms with E-state index in [1.54, 1.807) is 38.1 Å². The zero-order chi connectivity index (χ0) is 24.3. The minimum Gasteiger partial charge on any atom is -0.480 e. The van der Waals surface area contributed by atoms with Gasteiger partial charge in [-0.1, -0.05) is 36.4 Å². The Morgan fingerprint density at radius 1 is 1.03 bits per heavy atom. The van der Waals surface area contributed by atoms with Crippen LogP contribution in [0, 0.1) is 13.8 Å². The Bertz CT molecular complexity index is 1430. The van der Waals surface area contributed by atoms with E-state index in [2.05, 4.69) is 20.0 Å². The van der Waals surface area contributed by atoms with E-state index >= 15 is 0 Å². The number of nitrogens with zero attached hydrogens (tertiary/aromatic N) is 2. The number of para-hydroxylation sites is 1. The molecule has 1 amide bonds. The van der Waals surface area contributed by atoms with Crippen LogP contribution in [0.15, 0.2) is 76.4 Å². The van der Waals surface area contributed by atoms with Crippen LogP contribution in [0.5, 0.6) is 5.88 Å². The van der Waals surface area contributed by atoms with Gasteiger partial charge in [0.2, 0.25) is 11.8 Å². The molecule has 0 aliphatic heterocycles. The van der Waals surface area contributed by atoms with Crippen LogP contribution in [0.4, 0.5) is 11.4 Å². The molecular weight excluding hydrogens is 456 g/mol. The van der Waals surface area contributed by atoms with Gasteiger partial charge in [-0.05, 0) is 43.2 Å². The Balaban J connectivity index is 1.60. The Kier molecular flexibility index (Phi) is 6.33. The number of hydrogen-bond acceptors (Lipinski definition) is 7. The number of oxazole rings is 1. The number of methoxy groups -OCH3 is 1. The molecule has 2 heterocycles. The van der Waals surface area contributed by atoms with Crippen molar-refractivity contribution < 1.29 is 22.4 Å². The highest BCUT2D eigenvalue weighted by Gasteiger charge is 2.24. The molecule has 0 aliphatic carbocycles. The fraction of sp³-hybridized carbons (Fsp3) is 0.125. The van der Waals surface area contributed by atoms with E-state index in [4.69, 9.17) is 9.15 Å². The second-order valence-electron chi connectivity index (χ2n) is 7.46. The first kappa shape index (κ1) is 23.0. The number of pyridine rings is 1. The highest BCUT2D eigenvalue weighted by Crippen LogP contribution is 2.29. The molecule has 174 valence electrons. The summed E-state index contributed by atoms with van der Waals surface area (Å²) in [5.41, 5.74) is 2.90. The zero-order valence-corrected chi connectivity index (χ0v) is 19.5. The topological polar surface area (TPSA) is 123 Å². The number of amides is 1. The van der Waals surface area contributed by atoms with E-state index in [9.17, 15) is 13.2 Å². The fourth-order valence-electron chi connectivity index (χ4n) is 3.30. The number of aromatic nitrogens is 2. The third kappa shape index (κ3) is 4.76. The summed E-state index contributed by atoms with van der Waals surface area (Å²) in [6.45, 7) is 3.61. The number of anilines is 2. The number of aryl methyl sites for hydroxylation is 2. The van der Waals surface area contributed by atoms with Crippen molar-refractivity contribution >= 4 is 27.3 Å². The highest BCUT2D eigenvalue weighted by atomic mass is 32.2. The summed E-state index contributed by atoms with van der Waals surface area (Å²) in [5.74, 6) is -0.395. The summed E-state index contributed by atoms with van der Waals surface area (Å²) in [6.07, 6.45) is 2.53. The van der Waals surface area contributed by atoms with E-state index in [-0.39, 0.29) is 22.2 Å². The van der Waals surface area contributed by atoms with E-state index in [0.717, 1.165) is 16.7 Å². The normalized spacial score (nSPS) is 11.1. The van der Waals surface area contributed by atoms with E-state index in [1.807, 2.05) is 24.3 Å². The molecule has 0 spiro atoms. The number of carbonyl (C=O) groups excluding carboxylic acids is 1. The van der Waals surface area contributed by atoms with E-state index in [0.29, 0.717) is 11.6 Å². The lowest BCUT2D eigenvalue weighted by molar-refractivity contribution is 0.102. The van der Waals surface area contributed by atoms with Crippen molar-refractivity contribution in [1.29, 1.82) is 0 Å². The van der Waals surface area contributed by atoms with Crippen molar-refractivity contribution in [2.24, 2.45) is 0 Å². The molecule has 34 heavy (non-hydrogen) atoms. The quantitative estimate of drug-likeness (QED) is 0.403. The lowest BCUT2D eigenvalue weighted by Crippen LogP contribution is -2.18. The van der Waals surface area contributed by atoms with Gasteiger partial charge in [0.05, 0.1) is 24.7 Å². The first-order valence-corrected chi connectivity index (χ1v) is 11.7. The van der Waals surface area contributed by atoms with Gasteiger partial charge < -0.3 is 14.5 Å². The second-order valence-corrected chi connectivity index (χ2v) is 9.11. The average molecular weight is 479 g/mol. The maximum atomic E-state index is 13.2. The Morgan fingerprint density at radius 2 is 1.74 bits per heavy atom. The van der Waals surface area contributed by atoms with Crippen LogP contribution in [0.1, 0.15) is 21.6 Å². The minimum atomic E-state index is -4.08. The molecule has 0 fully saturated rings. The zero-order valence-electron chi connectivity index (χ0n) is 18.7. The maximum Gasteiger partial charge on any atom is 0.277 e. The molecule has 4 aromatic rings. The molecule has 0 saturated heterocycles. The standard InChI is InChI=1S/C24H22N4O5S/c1-15-8-7-9-16(2)21(15)28-34(30,31)20-12-18(13-25-24(20)32-3)26-22(29)19-14-33-23(27-19)17-10-5-4-6-11-17/h4-14,28H,1-3H3,(H,26,29). The van der Waals surface area contributed by atoms with Crippen LogP contribution >= 0.6 is 0 Å². The summed E-state index contributed by atoms with van der Waals surface area (Å²) >= 11 is 0. The number of benzene rings is 2. The van der Waals surface area contributed by atoms with Gasteiger partial charge >= 0.3 is 0 Å². The number of ether oxygens (including phenoxy) is 1. The third-order valence-corrected chi connectivity index (χ3v) is 6.38. The molecule has 2 aromatic carbocycles. The smallest absolute Gasteiger partial charge is 0.277 e. The Hall–Kier alpha value is -4.18. The van der Waals surface area contributed by atoms with Crippen molar-refractivity contribution in [2.75, 3.05) is 17.1 Å². The van der Waals surface area contributed by atoms with Gasteiger partial charge in [0.25, 0.3) is 15.9 Å².